The number of fused-ring (bicyclic) bond motifs is 3. The van der Waals surface area contributed by atoms with Crippen LogP contribution in [0.25, 0.3) is 0 Å². The van der Waals surface area contributed by atoms with Gasteiger partial charge in [0.05, 0.1) is 18.3 Å². The minimum atomic E-state index is -1.03. The first-order valence-electron chi connectivity index (χ1n) is 7.07. The lowest BCUT2D eigenvalue weighted by atomic mass is 9.62. The molecule has 0 saturated carbocycles. The van der Waals surface area contributed by atoms with Crippen LogP contribution >= 0.6 is 0 Å². The molecule has 3 aliphatic rings. The average Bonchev–Trinajstić information content (AvgIpc) is 3.13. The first kappa shape index (κ1) is 11.5. The molecule has 4 rings (SSSR count). The fraction of sp³-hybridized carbons (Fsp3) is 0.562. The third kappa shape index (κ3) is 1.24. The van der Waals surface area contributed by atoms with Crippen molar-refractivity contribution in [3.63, 3.8) is 0 Å². The van der Waals surface area contributed by atoms with Gasteiger partial charge in [-0.3, -0.25) is 0 Å². The summed E-state index contributed by atoms with van der Waals surface area (Å²) in [7, 11) is 0. The highest BCUT2D eigenvalue weighted by atomic mass is 16.5. The molecule has 0 amide bonds. The monoisotopic (exact) mass is 255 g/mol. The molecule has 98 valence electrons. The summed E-state index contributed by atoms with van der Waals surface area (Å²) in [5, 5.41) is 21.1. The lowest BCUT2D eigenvalue weighted by Crippen LogP contribution is -2.49. The predicted molar refractivity (Wildman–Crippen MR) is 69.2 cm³/mol. The van der Waals surface area contributed by atoms with Crippen molar-refractivity contribution in [1.82, 2.24) is 0 Å². The lowest BCUT2D eigenvalue weighted by molar-refractivity contribution is -0.0898. The highest BCUT2D eigenvalue weighted by Gasteiger charge is 2.65. The number of aliphatic hydroxyl groups is 1. The van der Waals surface area contributed by atoms with Crippen molar-refractivity contribution in [2.75, 3.05) is 0 Å². The van der Waals surface area contributed by atoms with E-state index in [0.717, 1.165) is 24.8 Å². The van der Waals surface area contributed by atoms with E-state index in [1.54, 1.807) is 0 Å². The molecule has 1 N–H and O–H groups in total. The summed E-state index contributed by atoms with van der Waals surface area (Å²) in [4.78, 5) is 0. The van der Waals surface area contributed by atoms with Crippen molar-refractivity contribution >= 4 is 0 Å². The summed E-state index contributed by atoms with van der Waals surface area (Å²) in [6.07, 6.45) is 4.19. The summed E-state index contributed by atoms with van der Waals surface area (Å²) in [6, 6.07) is 10.5. The fourth-order valence-electron chi connectivity index (χ4n) is 4.41. The van der Waals surface area contributed by atoms with Crippen molar-refractivity contribution in [3.05, 3.63) is 35.4 Å². The van der Waals surface area contributed by atoms with Gasteiger partial charge >= 0.3 is 0 Å². The summed E-state index contributed by atoms with van der Waals surface area (Å²) in [6.45, 7) is 0. The molecule has 1 aromatic carbocycles. The molecule has 19 heavy (non-hydrogen) atoms. The first-order valence-corrected chi connectivity index (χ1v) is 7.07. The molecule has 4 unspecified atom stereocenters. The van der Waals surface area contributed by atoms with Gasteiger partial charge in [0.15, 0.2) is 0 Å². The van der Waals surface area contributed by atoms with E-state index >= 15 is 0 Å². The smallest absolute Gasteiger partial charge is 0.119 e. The maximum Gasteiger partial charge on any atom is 0.119 e. The van der Waals surface area contributed by atoms with Crippen molar-refractivity contribution in [2.24, 2.45) is 5.41 Å². The van der Waals surface area contributed by atoms with Gasteiger partial charge in [-0.05, 0) is 43.2 Å². The van der Waals surface area contributed by atoms with Gasteiger partial charge in [-0.2, -0.15) is 5.26 Å². The third-order valence-corrected chi connectivity index (χ3v) is 5.36. The Morgan fingerprint density at radius 3 is 2.84 bits per heavy atom. The number of rotatable bonds is 1. The molecule has 0 radical (unpaired) electrons. The van der Waals surface area contributed by atoms with Crippen LogP contribution in [0.5, 0.6) is 0 Å². The lowest BCUT2D eigenvalue weighted by Gasteiger charge is -2.42. The van der Waals surface area contributed by atoms with Crippen molar-refractivity contribution < 1.29 is 9.84 Å². The van der Waals surface area contributed by atoms with Crippen molar-refractivity contribution in [2.45, 2.75) is 49.9 Å². The van der Waals surface area contributed by atoms with Crippen LogP contribution in [0.4, 0.5) is 0 Å². The number of benzene rings is 1. The normalized spacial score (nSPS) is 43.2. The van der Waals surface area contributed by atoms with E-state index < -0.39 is 11.0 Å². The van der Waals surface area contributed by atoms with Crippen LogP contribution in [0.2, 0.25) is 0 Å². The number of nitriles is 1. The Labute approximate surface area is 112 Å². The van der Waals surface area contributed by atoms with Gasteiger partial charge in [0.1, 0.15) is 11.0 Å². The zero-order chi connectivity index (χ0) is 13.1. The maximum absolute atomic E-state index is 11.3. The maximum atomic E-state index is 11.3. The van der Waals surface area contributed by atoms with E-state index in [-0.39, 0.29) is 12.2 Å². The van der Waals surface area contributed by atoms with E-state index in [1.807, 2.05) is 18.2 Å². The molecule has 2 heterocycles. The minimum Gasteiger partial charge on any atom is -0.383 e. The summed E-state index contributed by atoms with van der Waals surface area (Å²) in [5.41, 5.74) is 0.357. The van der Waals surface area contributed by atoms with Crippen molar-refractivity contribution in [1.29, 1.82) is 5.26 Å². The number of aryl methyl sites for hydroxylation is 1. The molecule has 2 fully saturated rings. The molecule has 3 nitrogen and oxygen atoms in total. The minimum absolute atomic E-state index is 0.0985. The topological polar surface area (TPSA) is 53.2 Å². The standard InChI is InChI=1S/C16H17NO2/c17-10-15(9-12-5-6-14(15)19-12)16(18)8-7-11-3-1-2-4-13(11)16/h1-4,12,14,18H,5-9H2. The van der Waals surface area contributed by atoms with Crippen LogP contribution in [-0.4, -0.2) is 17.3 Å². The molecule has 1 aromatic rings. The number of nitrogens with zero attached hydrogens (tertiary/aromatic N) is 1. The van der Waals surface area contributed by atoms with Crippen LogP contribution in [0.1, 0.15) is 36.8 Å². The van der Waals surface area contributed by atoms with Gasteiger partial charge in [-0.15, -0.1) is 0 Å². The van der Waals surface area contributed by atoms with Gasteiger partial charge < -0.3 is 9.84 Å². The van der Waals surface area contributed by atoms with Crippen LogP contribution < -0.4 is 0 Å². The Bertz CT molecular complexity index is 578. The zero-order valence-corrected chi connectivity index (χ0v) is 10.8. The van der Waals surface area contributed by atoms with E-state index in [1.165, 1.54) is 5.56 Å². The van der Waals surface area contributed by atoms with E-state index in [0.29, 0.717) is 12.8 Å². The SMILES string of the molecule is N#CC1(C2(O)CCc3ccccc32)CC2CCC1O2. The second-order valence-electron chi connectivity index (χ2n) is 6.13. The Balaban J connectivity index is 1.86. The number of ether oxygens (including phenoxy) is 1. The largest absolute Gasteiger partial charge is 0.383 e. The molecule has 1 aliphatic carbocycles. The van der Waals surface area contributed by atoms with Gasteiger partial charge in [-0.25, -0.2) is 0 Å². The molecule has 4 atom stereocenters. The summed E-state index contributed by atoms with van der Waals surface area (Å²) < 4.78 is 5.89. The second-order valence-corrected chi connectivity index (χ2v) is 6.13. The fourth-order valence-corrected chi connectivity index (χ4v) is 4.41. The average molecular weight is 255 g/mol. The third-order valence-electron chi connectivity index (χ3n) is 5.36. The molecular formula is C16H17NO2. The molecule has 2 bridgehead atoms. The first-order chi connectivity index (χ1) is 9.19. The zero-order valence-electron chi connectivity index (χ0n) is 10.8. The molecule has 3 heteroatoms. The van der Waals surface area contributed by atoms with E-state index in [4.69, 9.17) is 4.74 Å². The Hall–Kier alpha value is -1.37. The van der Waals surface area contributed by atoms with E-state index in [9.17, 15) is 10.4 Å². The number of hydrogen-bond acceptors (Lipinski definition) is 3. The molecule has 0 aromatic heterocycles. The van der Waals surface area contributed by atoms with Crippen LogP contribution in [0.3, 0.4) is 0 Å². The number of hydrogen-bond donors (Lipinski definition) is 1. The van der Waals surface area contributed by atoms with E-state index in [2.05, 4.69) is 12.1 Å². The van der Waals surface area contributed by atoms with Crippen LogP contribution in [0, 0.1) is 16.7 Å². The second kappa shape index (κ2) is 3.59. The van der Waals surface area contributed by atoms with Gasteiger partial charge in [0.2, 0.25) is 0 Å². The summed E-state index contributed by atoms with van der Waals surface area (Å²) in [5.74, 6) is 0. The Kier molecular flexibility index (Phi) is 2.17. The molecule has 2 saturated heterocycles. The predicted octanol–water partition coefficient (Wildman–Crippen LogP) is 2.28. The highest BCUT2D eigenvalue weighted by Crippen LogP contribution is 2.60. The Morgan fingerprint density at radius 1 is 1.32 bits per heavy atom. The van der Waals surface area contributed by atoms with Crippen molar-refractivity contribution in [3.8, 4) is 6.07 Å². The van der Waals surface area contributed by atoms with Gasteiger partial charge in [-0.1, -0.05) is 24.3 Å². The van der Waals surface area contributed by atoms with Gasteiger partial charge in [0, 0.05) is 0 Å². The summed E-state index contributed by atoms with van der Waals surface area (Å²) >= 11 is 0. The molecule has 0 spiro atoms. The molecule has 2 aliphatic heterocycles. The quantitative estimate of drug-likeness (QED) is 0.837. The van der Waals surface area contributed by atoms with Crippen LogP contribution in [-0.2, 0) is 16.8 Å². The Morgan fingerprint density at radius 2 is 2.16 bits per heavy atom. The van der Waals surface area contributed by atoms with Gasteiger partial charge in [0.25, 0.3) is 0 Å². The highest BCUT2D eigenvalue weighted by molar-refractivity contribution is 5.42. The van der Waals surface area contributed by atoms with Crippen LogP contribution in [0.15, 0.2) is 24.3 Å². The molecular weight excluding hydrogens is 238 g/mol.